The molecule has 0 bridgehead atoms. The van der Waals surface area contributed by atoms with Crippen molar-refractivity contribution in [3.63, 3.8) is 0 Å². The van der Waals surface area contributed by atoms with Crippen molar-refractivity contribution in [3.05, 3.63) is 71.3 Å². The van der Waals surface area contributed by atoms with Gasteiger partial charge in [0.25, 0.3) is 0 Å². The maximum absolute atomic E-state index is 9.64. The van der Waals surface area contributed by atoms with Crippen LogP contribution in [0.15, 0.2) is 59.8 Å². The minimum atomic E-state index is -0.130. The van der Waals surface area contributed by atoms with Crippen molar-refractivity contribution in [3.8, 4) is 0 Å². The summed E-state index contributed by atoms with van der Waals surface area (Å²) in [5, 5.41) is 22.7. The van der Waals surface area contributed by atoms with Gasteiger partial charge in [-0.25, -0.2) is 0 Å². The standard InChI is InChI=1S/C19H22N2O2/c1-14-7-9-16(10-8-14)19-18(20-23)17(13-22)12-21(19)11-15-5-3-2-4-6-15/h2-10,17,19,22-23H,11-13H2,1H3/b20-18+/t17-,19-/m0/s1. The first-order valence-electron chi connectivity index (χ1n) is 7.90. The predicted molar refractivity (Wildman–Crippen MR) is 90.6 cm³/mol. The van der Waals surface area contributed by atoms with Crippen LogP contribution in [0, 0.1) is 12.8 Å². The van der Waals surface area contributed by atoms with Crippen LogP contribution in [0.5, 0.6) is 0 Å². The zero-order valence-corrected chi connectivity index (χ0v) is 13.3. The highest BCUT2D eigenvalue weighted by Crippen LogP contribution is 2.34. The van der Waals surface area contributed by atoms with Crippen LogP contribution in [0.3, 0.4) is 0 Å². The van der Waals surface area contributed by atoms with Crippen LogP contribution in [-0.4, -0.2) is 34.1 Å². The van der Waals surface area contributed by atoms with Gasteiger partial charge in [0.1, 0.15) is 0 Å². The maximum atomic E-state index is 9.64. The largest absolute Gasteiger partial charge is 0.411 e. The van der Waals surface area contributed by atoms with Gasteiger partial charge < -0.3 is 10.3 Å². The van der Waals surface area contributed by atoms with E-state index in [4.69, 9.17) is 0 Å². The number of likely N-dealkylation sites (tertiary alicyclic amines) is 1. The Morgan fingerprint density at radius 1 is 1.09 bits per heavy atom. The molecule has 1 aliphatic heterocycles. The molecule has 2 N–H and O–H groups in total. The van der Waals surface area contributed by atoms with Crippen LogP contribution in [0.4, 0.5) is 0 Å². The molecule has 2 aromatic rings. The van der Waals surface area contributed by atoms with E-state index in [-0.39, 0.29) is 18.6 Å². The molecule has 2 aromatic carbocycles. The van der Waals surface area contributed by atoms with Gasteiger partial charge in [-0.1, -0.05) is 65.3 Å². The smallest absolute Gasteiger partial charge is 0.0853 e. The van der Waals surface area contributed by atoms with E-state index in [1.54, 1.807) is 0 Å². The Morgan fingerprint density at radius 3 is 2.39 bits per heavy atom. The summed E-state index contributed by atoms with van der Waals surface area (Å²) in [7, 11) is 0. The minimum absolute atomic E-state index is 0.00690. The summed E-state index contributed by atoms with van der Waals surface area (Å²) in [6.45, 7) is 3.49. The van der Waals surface area contributed by atoms with Gasteiger partial charge >= 0.3 is 0 Å². The highest BCUT2D eigenvalue weighted by molar-refractivity contribution is 5.94. The van der Waals surface area contributed by atoms with Gasteiger partial charge in [-0.3, -0.25) is 4.90 Å². The molecule has 1 heterocycles. The lowest BCUT2D eigenvalue weighted by molar-refractivity contribution is 0.214. The highest BCUT2D eigenvalue weighted by atomic mass is 16.4. The van der Waals surface area contributed by atoms with E-state index in [0.29, 0.717) is 12.3 Å². The third kappa shape index (κ3) is 3.28. The number of benzene rings is 2. The third-order valence-corrected chi connectivity index (χ3v) is 4.48. The molecule has 23 heavy (non-hydrogen) atoms. The van der Waals surface area contributed by atoms with E-state index < -0.39 is 0 Å². The summed E-state index contributed by atoms with van der Waals surface area (Å²) >= 11 is 0. The van der Waals surface area contributed by atoms with Crippen LogP contribution < -0.4 is 0 Å². The van der Waals surface area contributed by atoms with E-state index in [2.05, 4.69) is 53.4 Å². The second-order valence-electron chi connectivity index (χ2n) is 6.13. The van der Waals surface area contributed by atoms with E-state index in [9.17, 15) is 10.3 Å². The summed E-state index contributed by atoms with van der Waals surface area (Å²) in [6.07, 6.45) is 0. The SMILES string of the molecule is Cc1ccc([C@H]2/C(=N/O)[C@H](CO)CN2Cc2ccccc2)cc1. The summed E-state index contributed by atoms with van der Waals surface area (Å²) in [6, 6.07) is 18.4. The second kappa shape index (κ2) is 6.94. The summed E-state index contributed by atoms with van der Waals surface area (Å²) < 4.78 is 0. The molecule has 0 aliphatic carbocycles. The molecular formula is C19H22N2O2. The lowest BCUT2D eigenvalue weighted by atomic mass is 9.97. The molecule has 120 valence electrons. The van der Waals surface area contributed by atoms with Gasteiger partial charge in [0.05, 0.1) is 18.4 Å². The number of aliphatic hydroxyl groups excluding tert-OH is 1. The quantitative estimate of drug-likeness (QED) is 0.674. The molecule has 1 aliphatic rings. The Balaban J connectivity index is 1.93. The first kappa shape index (κ1) is 15.7. The van der Waals surface area contributed by atoms with Crippen molar-refractivity contribution in [2.24, 2.45) is 11.1 Å². The van der Waals surface area contributed by atoms with Crippen molar-refractivity contribution < 1.29 is 10.3 Å². The van der Waals surface area contributed by atoms with Gasteiger partial charge in [-0.2, -0.15) is 0 Å². The van der Waals surface area contributed by atoms with Crippen LogP contribution in [0.25, 0.3) is 0 Å². The van der Waals surface area contributed by atoms with Gasteiger partial charge in [0.15, 0.2) is 0 Å². The van der Waals surface area contributed by atoms with Gasteiger partial charge in [0.2, 0.25) is 0 Å². The van der Waals surface area contributed by atoms with E-state index in [1.807, 2.05) is 18.2 Å². The predicted octanol–water partition coefficient (Wildman–Crippen LogP) is 2.99. The van der Waals surface area contributed by atoms with Crippen molar-refractivity contribution in [1.29, 1.82) is 0 Å². The minimum Gasteiger partial charge on any atom is -0.411 e. The Kier molecular flexibility index (Phi) is 4.74. The maximum Gasteiger partial charge on any atom is 0.0853 e. The number of hydrogen-bond donors (Lipinski definition) is 2. The zero-order valence-electron chi connectivity index (χ0n) is 13.3. The van der Waals surface area contributed by atoms with Crippen molar-refractivity contribution in [1.82, 2.24) is 4.90 Å². The summed E-state index contributed by atoms with van der Waals surface area (Å²) in [5.41, 5.74) is 4.14. The van der Waals surface area contributed by atoms with E-state index in [0.717, 1.165) is 12.1 Å². The number of rotatable bonds is 4. The normalized spacial score (nSPS) is 23.5. The Labute approximate surface area is 136 Å². The lowest BCUT2D eigenvalue weighted by Crippen LogP contribution is -2.25. The molecule has 4 nitrogen and oxygen atoms in total. The van der Waals surface area contributed by atoms with E-state index in [1.165, 1.54) is 11.1 Å². The molecule has 0 aromatic heterocycles. The van der Waals surface area contributed by atoms with Gasteiger partial charge in [-0.15, -0.1) is 0 Å². The first-order chi connectivity index (χ1) is 11.2. The molecule has 0 unspecified atom stereocenters. The zero-order chi connectivity index (χ0) is 16.2. The fraction of sp³-hybridized carbons (Fsp3) is 0.316. The molecular weight excluding hydrogens is 288 g/mol. The molecule has 0 amide bonds. The summed E-state index contributed by atoms with van der Waals surface area (Å²) in [5.74, 6) is -0.130. The Hall–Kier alpha value is -2.17. The molecule has 1 fully saturated rings. The number of oxime groups is 1. The molecule has 0 saturated carbocycles. The van der Waals surface area contributed by atoms with Crippen LogP contribution in [-0.2, 0) is 6.54 Å². The molecule has 0 radical (unpaired) electrons. The number of aliphatic hydroxyl groups is 1. The van der Waals surface area contributed by atoms with Gasteiger partial charge in [-0.05, 0) is 18.1 Å². The molecule has 4 heteroatoms. The summed E-state index contributed by atoms with van der Waals surface area (Å²) in [4.78, 5) is 2.26. The number of hydrogen-bond acceptors (Lipinski definition) is 4. The number of aryl methyl sites for hydroxylation is 1. The molecule has 2 atom stereocenters. The molecule has 3 rings (SSSR count). The average Bonchev–Trinajstić information content (AvgIpc) is 2.94. The second-order valence-corrected chi connectivity index (χ2v) is 6.13. The van der Waals surface area contributed by atoms with Crippen LogP contribution in [0.1, 0.15) is 22.7 Å². The van der Waals surface area contributed by atoms with Gasteiger partial charge in [0, 0.05) is 19.0 Å². The number of nitrogens with zero attached hydrogens (tertiary/aromatic N) is 2. The molecule has 1 saturated heterocycles. The first-order valence-corrected chi connectivity index (χ1v) is 7.90. The van der Waals surface area contributed by atoms with E-state index >= 15 is 0 Å². The third-order valence-electron chi connectivity index (χ3n) is 4.48. The van der Waals surface area contributed by atoms with Crippen molar-refractivity contribution in [2.45, 2.75) is 19.5 Å². The average molecular weight is 310 g/mol. The Bertz CT molecular complexity index is 668. The van der Waals surface area contributed by atoms with Crippen LogP contribution in [0.2, 0.25) is 0 Å². The topological polar surface area (TPSA) is 56.1 Å². The van der Waals surface area contributed by atoms with Crippen molar-refractivity contribution in [2.75, 3.05) is 13.2 Å². The Morgan fingerprint density at radius 2 is 1.78 bits per heavy atom. The van der Waals surface area contributed by atoms with Crippen molar-refractivity contribution >= 4 is 5.71 Å². The lowest BCUT2D eigenvalue weighted by Gasteiger charge is -2.24. The monoisotopic (exact) mass is 310 g/mol. The fourth-order valence-corrected chi connectivity index (χ4v) is 3.28. The highest BCUT2D eigenvalue weighted by Gasteiger charge is 2.39. The fourth-order valence-electron chi connectivity index (χ4n) is 3.28. The molecule has 0 spiro atoms. The van der Waals surface area contributed by atoms with Crippen LogP contribution >= 0.6 is 0 Å².